The number of nitrogens with zero attached hydrogens (tertiary/aromatic N) is 1. The Labute approximate surface area is 118 Å². The molecule has 3 rings (SSSR count). The molecule has 0 radical (unpaired) electrons. The van der Waals surface area contributed by atoms with Gasteiger partial charge in [-0.3, -0.25) is 0 Å². The van der Waals surface area contributed by atoms with Crippen molar-refractivity contribution in [1.82, 2.24) is 10.2 Å². The van der Waals surface area contributed by atoms with E-state index in [4.69, 9.17) is 4.74 Å². The molecule has 3 nitrogen and oxygen atoms in total. The third kappa shape index (κ3) is 2.98. The second-order valence-electron chi connectivity index (χ2n) is 6.89. The number of fused-ring (bicyclic) bond motifs is 2. The van der Waals surface area contributed by atoms with Gasteiger partial charge in [0.25, 0.3) is 0 Å². The molecule has 3 heteroatoms. The summed E-state index contributed by atoms with van der Waals surface area (Å²) in [4.78, 5) is 2.64. The van der Waals surface area contributed by atoms with Gasteiger partial charge in [-0.25, -0.2) is 0 Å². The van der Waals surface area contributed by atoms with Crippen LogP contribution < -0.4 is 5.32 Å². The fourth-order valence-electron chi connectivity index (χ4n) is 4.64. The van der Waals surface area contributed by atoms with Crippen molar-refractivity contribution in [1.29, 1.82) is 0 Å². The normalized spacial score (nSPS) is 40.7. The Morgan fingerprint density at radius 3 is 2.53 bits per heavy atom. The smallest absolute Gasteiger partial charge is 0.0576 e. The number of hydrogen-bond acceptors (Lipinski definition) is 3. The second kappa shape index (κ2) is 6.11. The Balaban J connectivity index is 1.51. The molecule has 3 fully saturated rings. The molecule has 0 aliphatic carbocycles. The van der Waals surface area contributed by atoms with Crippen LogP contribution in [0.3, 0.4) is 0 Å². The number of piperidine rings is 1. The molecule has 0 aromatic rings. The van der Waals surface area contributed by atoms with Gasteiger partial charge in [0.15, 0.2) is 0 Å². The summed E-state index contributed by atoms with van der Waals surface area (Å²) in [7, 11) is 4.49. The number of ether oxygens (including phenoxy) is 1. The van der Waals surface area contributed by atoms with Gasteiger partial charge in [0, 0.05) is 24.7 Å². The SMILES string of the molecule is CNC(CCC1CCCO1)C1CC2CCC(C1)N2C. The van der Waals surface area contributed by atoms with E-state index in [1.165, 1.54) is 51.4 Å². The monoisotopic (exact) mass is 266 g/mol. The lowest BCUT2D eigenvalue weighted by Gasteiger charge is -2.40. The number of rotatable bonds is 5. The van der Waals surface area contributed by atoms with Crippen LogP contribution in [0, 0.1) is 5.92 Å². The van der Waals surface area contributed by atoms with Crippen LogP contribution >= 0.6 is 0 Å². The number of nitrogens with one attached hydrogen (secondary N) is 1. The van der Waals surface area contributed by atoms with E-state index in [-0.39, 0.29) is 0 Å². The van der Waals surface area contributed by atoms with Gasteiger partial charge in [-0.15, -0.1) is 0 Å². The lowest BCUT2D eigenvalue weighted by Crippen LogP contribution is -2.46. The summed E-state index contributed by atoms with van der Waals surface area (Å²) in [5.74, 6) is 0.889. The zero-order valence-electron chi connectivity index (χ0n) is 12.6. The first-order chi connectivity index (χ1) is 9.28. The molecule has 3 aliphatic rings. The van der Waals surface area contributed by atoms with Crippen LogP contribution in [-0.2, 0) is 4.74 Å². The van der Waals surface area contributed by atoms with Gasteiger partial charge in [-0.2, -0.15) is 0 Å². The average Bonchev–Trinajstić information content (AvgIpc) is 2.97. The van der Waals surface area contributed by atoms with E-state index >= 15 is 0 Å². The van der Waals surface area contributed by atoms with Crippen molar-refractivity contribution in [3.05, 3.63) is 0 Å². The molecule has 3 heterocycles. The van der Waals surface area contributed by atoms with Crippen LogP contribution in [-0.4, -0.2) is 49.8 Å². The first-order valence-corrected chi connectivity index (χ1v) is 8.28. The molecule has 0 amide bonds. The maximum atomic E-state index is 5.77. The van der Waals surface area contributed by atoms with Crippen molar-refractivity contribution in [3.8, 4) is 0 Å². The van der Waals surface area contributed by atoms with E-state index in [1.807, 2.05) is 0 Å². The molecule has 4 atom stereocenters. The van der Waals surface area contributed by atoms with Crippen molar-refractivity contribution in [2.24, 2.45) is 5.92 Å². The largest absolute Gasteiger partial charge is 0.378 e. The Bertz CT molecular complexity index is 276. The first kappa shape index (κ1) is 13.8. The summed E-state index contributed by atoms with van der Waals surface area (Å²) in [6.07, 6.45) is 11.3. The minimum Gasteiger partial charge on any atom is -0.378 e. The predicted molar refractivity (Wildman–Crippen MR) is 78.4 cm³/mol. The van der Waals surface area contributed by atoms with Crippen molar-refractivity contribution in [2.75, 3.05) is 20.7 Å². The molecule has 19 heavy (non-hydrogen) atoms. The highest BCUT2D eigenvalue weighted by Crippen LogP contribution is 2.39. The van der Waals surface area contributed by atoms with Crippen molar-refractivity contribution in [3.63, 3.8) is 0 Å². The molecule has 0 aromatic heterocycles. The summed E-state index contributed by atoms with van der Waals surface area (Å²) in [6.45, 7) is 0.993. The molecule has 1 N–H and O–H groups in total. The molecule has 4 unspecified atom stereocenters. The Morgan fingerprint density at radius 1 is 1.21 bits per heavy atom. The fraction of sp³-hybridized carbons (Fsp3) is 1.00. The lowest BCUT2D eigenvalue weighted by atomic mass is 9.83. The quantitative estimate of drug-likeness (QED) is 0.827. The van der Waals surface area contributed by atoms with Crippen LogP contribution in [0.5, 0.6) is 0 Å². The summed E-state index contributed by atoms with van der Waals surface area (Å²) < 4.78 is 5.77. The minimum atomic E-state index is 0.554. The van der Waals surface area contributed by atoms with Crippen molar-refractivity contribution in [2.45, 2.75) is 75.6 Å². The highest BCUT2D eigenvalue weighted by Gasteiger charge is 2.40. The third-order valence-electron chi connectivity index (χ3n) is 5.90. The van der Waals surface area contributed by atoms with Crippen molar-refractivity contribution < 1.29 is 4.74 Å². The average molecular weight is 266 g/mol. The molecule has 0 saturated carbocycles. The van der Waals surface area contributed by atoms with Crippen LogP contribution in [0.15, 0.2) is 0 Å². The van der Waals surface area contributed by atoms with Crippen LogP contribution in [0.1, 0.15) is 51.4 Å². The fourth-order valence-corrected chi connectivity index (χ4v) is 4.64. The van der Waals surface area contributed by atoms with E-state index < -0.39 is 0 Å². The highest BCUT2D eigenvalue weighted by molar-refractivity contribution is 4.96. The highest BCUT2D eigenvalue weighted by atomic mass is 16.5. The summed E-state index contributed by atoms with van der Waals surface area (Å²) in [6, 6.07) is 2.44. The van der Waals surface area contributed by atoms with Gasteiger partial charge in [-0.05, 0) is 71.4 Å². The van der Waals surface area contributed by atoms with Gasteiger partial charge in [0.2, 0.25) is 0 Å². The Kier molecular flexibility index (Phi) is 4.45. The standard InChI is InChI=1S/C16H30N2O/c1-17-16(8-7-15-4-3-9-19-15)12-10-13-5-6-14(11-12)18(13)2/h12-17H,3-11H2,1-2H3. The Morgan fingerprint density at radius 2 is 1.95 bits per heavy atom. The summed E-state index contributed by atoms with van der Waals surface area (Å²) in [5, 5.41) is 3.61. The molecular weight excluding hydrogens is 236 g/mol. The molecule has 110 valence electrons. The summed E-state index contributed by atoms with van der Waals surface area (Å²) >= 11 is 0. The molecule has 0 spiro atoms. The molecule has 3 aliphatic heterocycles. The summed E-state index contributed by atoms with van der Waals surface area (Å²) in [5.41, 5.74) is 0. The number of hydrogen-bond donors (Lipinski definition) is 1. The molecular formula is C16H30N2O. The first-order valence-electron chi connectivity index (χ1n) is 8.28. The maximum absolute atomic E-state index is 5.77. The van der Waals surface area contributed by atoms with Gasteiger partial charge < -0.3 is 15.0 Å². The van der Waals surface area contributed by atoms with E-state index in [1.54, 1.807) is 0 Å². The van der Waals surface area contributed by atoms with E-state index in [0.29, 0.717) is 12.1 Å². The lowest BCUT2D eigenvalue weighted by molar-refractivity contribution is 0.0845. The van der Waals surface area contributed by atoms with E-state index in [2.05, 4.69) is 24.3 Å². The maximum Gasteiger partial charge on any atom is 0.0576 e. The molecule has 0 aromatic carbocycles. The van der Waals surface area contributed by atoms with Crippen LogP contribution in [0.4, 0.5) is 0 Å². The Hall–Kier alpha value is -0.120. The van der Waals surface area contributed by atoms with Gasteiger partial charge >= 0.3 is 0 Å². The van der Waals surface area contributed by atoms with Crippen molar-refractivity contribution >= 4 is 0 Å². The predicted octanol–water partition coefficient (Wildman–Crippen LogP) is 2.41. The molecule has 2 bridgehead atoms. The minimum absolute atomic E-state index is 0.554. The van der Waals surface area contributed by atoms with E-state index in [9.17, 15) is 0 Å². The molecule has 3 saturated heterocycles. The second-order valence-corrected chi connectivity index (χ2v) is 6.89. The zero-order valence-corrected chi connectivity index (χ0v) is 12.6. The van der Waals surface area contributed by atoms with Gasteiger partial charge in [-0.1, -0.05) is 0 Å². The third-order valence-corrected chi connectivity index (χ3v) is 5.90. The zero-order chi connectivity index (χ0) is 13.2. The van der Waals surface area contributed by atoms with E-state index in [0.717, 1.165) is 24.6 Å². The van der Waals surface area contributed by atoms with Gasteiger partial charge in [0.1, 0.15) is 0 Å². The van der Waals surface area contributed by atoms with Crippen LogP contribution in [0.25, 0.3) is 0 Å². The van der Waals surface area contributed by atoms with Crippen LogP contribution in [0.2, 0.25) is 0 Å². The topological polar surface area (TPSA) is 24.5 Å². The van der Waals surface area contributed by atoms with Gasteiger partial charge in [0.05, 0.1) is 6.10 Å².